The van der Waals surface area contributed by atoms with Crippen LogP contribution in [0.25, 0.3) is 0 Å². The average molecular weight is 396 g/mol. The normalized spacial score (nSPS) is 30.6. The van der Waals surface area contributed by atoms with Gasteiger partial charge in [0.2, 0.25) is 0 Å². The Morgan fingerprint density at radius 3 is 2.75 bits per heavy atom. The summed E-state index contributed by atoms with van der Waals surface area (Å²) >= 11 is 0. The third-order valence-corrected chi connectivity index (χ3v) is 3.94. The Kier molecular flexibility index (Phi) is 8.13. The van der Waals surface area contributed by atoms with E-state index in [9.17, 15) is 0 Å². The first kappa shape index (κ1) is 18.0. The van der Waals surface area contributed by atoms with Crippen LogP contribution in [0.4, 0.5) is 0 Å². The number of halogens is 1. The van der Waals surface area contributed by atoms with Gasteiger partial charge in [0, 0.05) is 31.7 Å². The van der Waals surface area contributed by atoms with Crippen molar-refractivity contribution in [1.82, 2.24) is 15.5 Å². The molecule has 0 amide bonds. The van der Waals surface area contributed by atoms with Crippen molar-refractivity contribution in [3.05, 3.63) is 0 Å². The van der Waals surface area contributed by atoms with Crippen molar-refractivity contribution in [2.24, 2.45) is 10.9 Å². The second-order valence-corrected chi connectivity index (χ2v) is 5.68. The Labute approximate surface area is 139 Å². The van der Waals surface area contributed by atoms with Crippen LogP contribution < -0.4 is 10.6 Å². The third kappa shape index (κ3) is 5.73. The zero-order valence-electron chi connectivity index (χ0n) is 12.9. The molecular formula is C14H29IN4O. The van der Waals surface area contributed by atoms with E-state index in [0.29, 0.717) is 12.1 Å². The summed E-state index contributed by atoms with van der Waals surface area (Å²) in [7, 11) is 0. The number of ether oxygens (including phenoxy) is 1. The number of rotatable bonds is 5. The monoisotopic (exact) mass is 396 g/mol. The van der Waals surface area contributed by atoms with Crippen molar-refractivity contribution in [2.45, 2.75) is 39.3 Å². The van der Waals surface area contributed by atoms with Gasteiger partial charge in [-0.15, -0.1) is 24.0 Å². The lowest BCUT2D eigenvalue weighted by Gasteiger charge is -2.32. The molecule has 1 aliphatic heterocycles. The van der Waals surface area contributed by atoms with Gasteiger partial charge in [-0.1, -0.05) is 6.92 Å². The summed E-state index contributed by atoms with van der Waals surface area (Å²) in [5.74, 6) is 1.76. The van der Waals surface area contributed by atoms with E-state index in [-0.39, 0.29) is 24.0 Å². The predicted octanol–water partition coefficient (Wildman–Crippen LogP) is 1.29. The Bertz CT molecular complexity index is 314. The smallest absolute Gasteiger partial charge is 0.191 e. The second kappa shape index (κ2) is 9.04. The fraction of sp³-hybridized carbons (Fsp3) is 0.929. The van der Waals surface area contributed by atoms with E-state index < -0.39 is 0 Å². The molecule has 3 unspecified atom stereocenters. The summed E-state index contributed by atoms with van der Waals surface area (Å²) in [5.41, 5.74) is 0. The third-order valence-electron chi connectivity index (χ3n) is 3.94. The molecule has 20 heavy (non-hydrogen) atoms. The first-order valence-electron chi connectivity index (χ1n) is 7.57. The van der Waals surface area contributed by atoms with Gasteiger partial charge in [0.1, 0.15) is 0 Å². The van der Waals surface area contributed by atoms with Gasteiger partial charge in [0.25, 0.3) is 0 Å². The van der Waals surface area contributed by atoms with Crippen molar-refractivity contribution >= 4 is 29.9 Å². The fourth-order valence-electron chi connectivity index (χ4n) is 2.40. The molecule has 2 fully saturated rings. The molecule has 0 bridgehead atoms. The molecule has 0 radical (unpaired) electrons. The van der Waals surface area contributed by atoms with Crippen LogP contribution in [0.3, 0.4) is 0 Å². The number of morpholine rings is 1. The molecule has 0 aromatic rings. The molecule has 3 atom stereocenters. The van der Waals surface area contributed by atoms with Gasteiger partial charge in [0.15, 0.2) is 5.96 Å². The summed E-state index contributed by atoms with van der Waals surface area (Å²) in [5, 5.41) is 6.81. The maximum Gasteiger partial charge on any atom is 0.191 e. The van der Waals surface area contributed by atoms with Gasteiger partial charge < -0.3 is 15.4 Å². The Morgan fingerprint density at radius 2 is 2.15 bits per heavy atom. The van der Waals surface area contributed by atoms with E-state index in [1.165, 1.54) is 6.42 Å². The first-order chi connectivity index (χ1) is 9.20. The molecule has 1 saturated carbocycles. The molecule has 1 aliphatic carbocycles. The topological polar surface area (TPSA) is 48.9 Å². The standard InChI is InChI=1S/C14H28N4O.HI/c1-4-15-14(17-13-9-11(13)2)16-5-6-18-7-8-19-10-12(18)3;/h11-13H,4-10H2,1-3H3,(H2,15,16,17);1H. The Balaban J connectivity index is 0.00000200. The largest absolute Gasteiger partial charge is 0.379 e. The summed E-state index contributed by atoms with van der Waals surface area (Å²) in [6.07, 6.45) is 1.27. The molecule has 0 aromatic carbocycles. The second-order valence-electron chi connectivity index (χ2n) is 5.68. The van der Waals surface area contributed by atoms with E-state index in [4.69, 9.17) is 4.74 Å². The number of nitrogens with one attached hydrogen (secondary N) is 2. The number of aliphatic imine (C=N–C) groups is 1. The van der Waals surface area contributed by atoms with Crippen LogP contribution in [0.15, 0.2) is 4.99 Å². The van der Waals surface area contributed by atoms with Gasteiger partial charge in [0.05, 0.1) is 19.8 Å². The van der Waals surface area contributed by atoms with Crippen molar-refractivity contribution < 1.29 is 4.74 Å². The van der Waals surface area contributed by atoms with E-state index >= 15 is 0 Å². The van der Waals surface area contributed by atoms with Crippen LogP contribution >= 0.6 is 24.0 Å². The molecule has 2 N–H and O–H groups in total. The first-order valence-corrected chi connectivity index (χ1v) is 7.57. The van der Waals surface area contributed by atoms with Crippen molar-refractivity contribution in [1.29, 1.82) is 0 Å². The molecular weight excluding hydrogens is 367 g/mol. The summed E-state index contributed by atoms with van der Waals surface area (Å²) in [6, 6.07) is 1.14. The van der Waals surface area contributed by atoms with E-state index in [1.54, 1.807) is 0 Å². The van der Waals surface area contributed by atoms with Crippen LogP contribution in [-0.4, -0.2) is 62.3 Å². The lowest BCUT2D eigenvalue weighted by Crippen LogP contribution is -2.45. The quantitative estimate of drug-likeness (QED) is 0.418. The van der Waals surface area contributed by atoms with E-state index in [1.807, 2.05) is 0 Å². The van der Waals surface area contributed by atoms with E-state index in [2.05, 4.69) is 41.3 Å². The number of hydrogen-bond donors (Lipinski definition) is 2. The molecule has 1 saturated heterocycles. The molecule has 1 heterocycles. The number of hydrogen-bond acceptors (Lipinski definition) is 3. The van der Waals surface area contributed by atoms with Gasteiger partial charge in [-0.3, -0.25) is 9.89 Å². The van der Waals surface area contributed by atoms with Crippen LogP contribution in [-0.2, 0) is 4.74 Å². The molecule has 2 rings (SSSR count). The van der Waals surface area contributed by atoms with Crippen molar-refractivity contribution in [3.8, 4) is 0 Å². The molecule has 6 heteroatoms. The molecule has 118 valence electrons. The minimum atomic E-state index is 0. The number of guanidine groups is 1. The zero-order valence-corrected chi connectivity index (χ0v) is 15.2. The highest BCUT2D eigenvalue weighted by Crippen LogP contribution is 2.28. The Morgan fingerprint density at radius 1 is 1.40 bits per heavy atom. The highest BCUT2D eigenvalue weighted by molar-refractivity contribution is 14.0. The van der Waals surface area contributed by atoms with Crippen molar-refractivity contribution in [3.63, 3.8) is 0 Å². The predicted molar refractivity (Wildman–Crippen MR) is 94.0 cm³/mol. The highest BCUT2D eigenvalue weighted by atomic mass is 127. The van der Waals surface area contributed by atoms with Gasteiger partial charge >= 0.3 is 0 Å². The maximum atomic E-state index is 5.45. The lowest BCUT2D eigenvalue weighted by atomic mass is 10.2. The Hall–Kier alpha value is -0.0800. The van der Waals surface area contributed by atoms with Crippen molar-refractivity contribution in [2.75, 3.05) is 39.4 Å². The minimum absolute atomic E-state index is 0. The molecule has 0 aromatic heterocycles. The van der Waals surface area contributed by atoms with Crippen LogP contribution in [0.1, 0.15) is 27.2 Å². The summed E-state index contributed by atoms with van der Waals surface area (Å²) in [4.78, 5) is 7.12. The van der Waals surface area contributed by atoms with Gasteiger partial charge in [-0.05, 0) is 26.2 Å². The molecule has 2 aliphatic rings. The number of nitrogens with zero attached hydrogens (tertiary/aromatic N) is 2. The van der Waals surface area contributed by atoms with Gasteiger partial charge in [-0.25, -0.2) is 0 Å². The molecule has 5 nitrogen and oxygen atoms in total. The SMILES string of the molecule is CCNC(=NCCN1CCOCC1C)NC1CC1C.I. The van der Waals surface area contributed by atoms with E-state index in [0.717, 1.165) is 51.3 Å². The summed E-state index contributed by atoms with van der Waals surface area (Å²) < 4.78 is 5.45. The zero-order chi connectivity index (χ0) is 13.7. The lowest BCUT2D eigenvalue weighted by molar-refractivity contribution is 0.00141. The minimum Gasteiger partial charge on any atom is -0.379 e. The fourth-order valence-corrected chi connectivity index (χ4v) is 2.40. The van der Waals surface area contributed by atoms with Gasteiger partial charge in [-0.2, -0.15) is 0 Å². The van der Waals surface area contributed by atoms with Crippen LogP contribution in [0, 0.1) is 5.92 Å². The summed E-state index contributed by atoms with van der Waals surface area (Å²) in [6.45, 7) is 12.1. The van der Waals surface area contributed by atoms with Crippen LogP contribution in [0.5, 0.6) is 0 Å². The highest BCUT2D eigenvalue weighted by Gasteiger charge is 2.33. The van der Waals surface area contributed by atoms with Crippen LogP contribution in [0.2, 0.25) is 0 Å². The maximum absolute atomic E-state index is 5.45. The average Bonchev–Trinajstić information content (AvgIpc) is 3.07. The molecule has 0 spiro atoms.